The first-order valence-electron chi connectivity index (χ1n) is 10.0. The van der Waals surface area contributed by atoms with Crippen LogP contribution >= 0.6 is 36.6 Å². The lowest BCUT2D eigenvalue weighted by Crippen LogP contribution is -2.36. The van der Waals surface area contributed by atoms with Gasteiger partial charge in [-0.1, -0.05) is 31.9 Å². The third-order valence-electron chi connectivity index (χ3n) is 5.18. The van der Waals surface area contributed by atoms with E-state index in [9.17, 15) is 19.7 Å². The fourth-order valence-corrected chi connectivity index (χ4v) is 5.86. The van der Waals surface area contributed by atoms with Gasteiger partial charge in [-0.15, -0.1) is 0 Å². The molecule has 2 amide bonds. The number of thioether (sulfide) groups is 1. The molecular formula is C19H25N5O5S3. The molecule has 3 rings (SSSR count). The van der Waals surface area contributed by atoms with Crippen molar-refractivity contribution in [1.82, 2.24) is 20.7 Å². The summed E-state index contributed by atoms with van der Waals surface area (Å²) in [5, 5.41) is 21.4. The molecule has 1 aromatic carbocycles. The molecule has 1 aromatic rings. The number of unbranched alkanes of at least 4 members (excludes halogenated alkanes) is 1. The number of fused-ring (bicyclic) bond motifs is 1. The maximum atomic E-state index is 12.2. The zero-order valence-electron chi connectivity index (χ0n) is 17.2. The molecule has 0 aromatic heterocycles. The second-order valence-electron chi connectivity index (χ2n) is 7.42. The number of amides is 2. The van der Waals surface area contributed by atoms with Crippen molar-refractivity contribution in [3.63, 3.8) is 0 Å². The molecule has 4 N–H and O–H groups in total. The fraction of sp³-hybridized carbons (Fsp3) is 0.474. The van der Waals surface area contributed by atoms with Gasteiger partial charge in [0.15, 0.2) is 0 Å². The van der Waals surface area contributed by atoms with E-state index in [1.54, 1.807) is 6.07 Å². The van der Waals surface area contributed by atoms with Crippen LogP contribution in [-0.2, 0) is 15.5 Å². The highest BCUT2D eigenvalue weighted by Gasteiger charge is 2.40. The molecule has 32 heavy (non-hydrogen) atoms. The monoisotopic (exact) mass is 499 g/mol. The lowest BCUT2D eigenvalue weighted by molar-refractivity contribution is -0.387. The molecule has 2 heterocycles. The lowest BCUT2D eigenvalue weighted by atomic mass is 10.0. The second kappa shape index (κ2) is 11.6. The van der Waals surface area contributed by atoms with E-state index >= 15 is 0 Å². The Bertz CT molecular complexity index is 887. The lowest BCUT2D eigenvalue weighted by Gasteiger charge is -2.17. The van der Waals surface area contributed by atoms with Gasteiger partial charge in [-0.3, -0.25) is 19.6 Å². The van der Waals surface area contributed by atoms with Crippen LogP contribution in [0.15, 0.2) is 35.5 Å². The molecule has 0 spiro atoms. The van der Waals surface area contributed by atoms with Gasteiger partial charge in [0.05, 0.1) is 22.8 Å². The molecule has 0 bridgehead atoms. The van der Waals surface area contributed by atoms with Gasteiger partial charge in [-0.25, -0.2) is 4.79 Å². The third kappa shape index (κ3) is 6.62. The Balaban J connectivity index is 1.39. The molecule has 10 nitrogen and oxygen atoms in total. The molecule has 2 aliphatic heterocycles. The Kier molecular flexibility index (Phi) is 8.82. The number of hydrogen-bond acceptors (Lipinski definition) is 10. The Morgan fingerprint density at radius 1 is 1.38 bits per heavy atom. The van der Waals surface area contributed by atoms with Crippen LogP contribution in [0.4, 0.5) is 10.5 Å². The highest BCUT2D eigenvalue weighted by molar-refractivity contribution is 8.00. The highest BCUT2D eigenvalue weighted by Crippen LogP contribution is 2.34. The summed E-state index contributed by atoms with van der Waals surface area (Å²) in [5.74, 6) is 1.87. The number of rotatable bonds is 10. The molecule has 174 valence electrons. The van der Waals surface area contributed by atoms with E-state index in [4.69, 9.17) is 4.18 Å². The van der Waals surface area contributed by atoms with Gasteiger partial charge in [0, 0.05) is 30.0 Å². The van der Waals surface area contributed by atoms with Crippen LogP contribution in [0.25, 0.3) is 0 Å². The average Bonchev–Trinajstić information content (AvgIpc) is 3.32. The molecule has 2 aliphatic rings. The molecule has 2 saturated heterocycles. The number of nitrogens with one attached hydrogen (secondary N) is 4. The molecule has 0 saturated carbocycles. The Hall–Kier alpha value is -2.25. The number of benzene rings is 1. The fourth-order valence-electron chi connectivity index (χ4n) is 3.66. The van der Waals surface area contributed by atoms with Crippen molar-refractivity contribution in [2.24, 2.45) is 0 Å². The SMILES string of the molecule is C=C1NC2CSC(CCCCC(=O)NCc3ccc(SOC(=O)NS)c([N+](=O)[O-])c3)C2N1. The van der Waals surface area contributed by atoms with Gasteiger partial charge in [0.2, 0.25) is 5.91 Å². The van der Waals surface area contributed by atoms with Crippen LogP contribution in [-0.4, -0.2) is 40.0 Å². The summed E-state index contributed by atoms with van der Waals surface area (Å²) in [6, 6.07) is 5.33. The first kappa shape index (κ1) is 24.4. The summed E-state index contributed by atoms with van der Waals surface area (Å²) in [6.07, 6.45) is 2.36. The van der Waals surface area contributed by atoms with Crippen molar-refractivity contribution < 1.29 is 18.7 Å². The Morgan fingerprint density at radius 3 is 2.94 bits per heavy atom. The molecule has 0 radical (unpaired) electrons. The maximum absolute atomic E-state index is 12.2. The van der Waals surface area contributed by atoms with Crippen LogP contribution in [0.3, 0.4) is 0 Å². The van der Waals surface area contributed by atoms with E-state index in [2.05, 4.69) is 35.3 Å². The normalized spacial score (nSPS) is 21.3. The van der Waals surface area contributed by atoms with Crippen LogP contribution < -0.4 is 20.7 Å². The minimum absolute atomic E-state index is 0.0918. The van der Waals surface area contributed by atoms with Gasteiger partial charge in [-0.2, -0.15) is 11.8 Å². The molecule has 13 heteroatoms. The first-order chi connectivity index (χ1) is 15.4. The predicted octanol–water partition coefficient (Wildman–Crippen LogP) is 2.87. The van der Waals surface area contributed by atoms with Gasteiger partial charge >= 0.3 is 6.09 Å². The maximum Gasteiger partial charge on any atom is 0.429 e. The summed E-state index contributed by atoms with van der Waals surface area (Å²) in [7, 11) is 0. The van der Waals surface area contributed by atoms with Crippen LogP contribution in [0.5, 0.6) is 0 Å². The van der Waals surface area contributed by atoms with E-state index < -0.39 is 11.0 Å². The van der Waals surface area contributed by atoms with Crippen LogP contribution in [0.2, 0.25) is 0 Å². The van der Waals surface area contributed by atoms with Crippen molar-refractivity contribution in [3.8, 4) is 0 Å². The molecule has 0 aliphatic carbocycles. The standard InChI is InChI=1S/C19H25N5O5S3/c1-11-21-13-10-31-16(18(13)22-11)4-2-3-5-17(25)20-9-12-6-7-15(14(8-12)24(27)28)32-29-19(26)23-30/h6-8,13,16,18,21-22,30H,1-5,9-10H2,(H,20,25)(H,23,26). The van der Waals surface area contributed by atoms with Crippen molar-refractivity contribution in [2.45, 2.75) is 54.5 Å². The summed E-state index contributed by atoms with van der Waals surface area (Å²) < 4.78 is 6.69. The highest BCUT2D eigenvalue weighted by atomic mass is 32.2. The first-order valence-corrected chi connectivity index (χ1v) is 12.3. The van der Waals surface area contributed by atoms with Crippen LogP contribution in [0.1, 0.15) is 31.2 Å². The summed E-state index contributed by atoms with van der Waals surface area (Å²) in [6.45, 7) is 4.11. The minimum atomic E-state index is -0.836. The number of carbonyl (C=O) groups excluding carboxylic acids is 2. The molecule has 2 fully saturated rings. The smallest absolute Gasteiger partial charge is 0.369 e. The van der Waals surface area contributed by atoms with Crippen molar-refractivity contribution >= 4 is 54.3 Å². The number of nitro benzene ring substituents is 1. The van der Waals surface area contributed by atoms with Crippen molar-refractivity contribution in [1.29, 1.82) is 0 Å². The zero-order chi connectivity index (χ0) is 23.1. The van der Waals surface area contributed by atoms with Gasteiger partial charge < -0.3 is 20.1 Å². The average molecular weight is 500 g/mol. The van der Waals surface area contributed by atoms with E-state index in [0.717, 1.165) is 30.8 Å². The number of carbonyl (C=O) groups is 2. The summed E-state index contributed by atoms with van der Waals surface area (Å²) in [4.78, 5) is 34.2. The number of thiol groups is 1. The van der Waals surface area contributed by atoms with Gasteiger partial charge in [-0.05, 0) is 24.5 Å². The zero-order valence-corrected chi connectivity index (χ0v) is 19.7. The second-order valence-corrected chi connectivity index (χ2v) is 9.69. The molecular weight excluding hydrogens is 474 g/mol. The minimum Gasteiger partial charge on any atom is -0.369 e. The van der Waals surface area contributed by atoms with Crippen LogP contribution in [0, 0.1) is 10.1 Å². The number of nitro groups is 1. The van der Waals surface area contributed by atoms with E-state index in [1.807, 2.05) is 16.5 Å². The topological polar surface area (TPSA) is 135 Å². The number of hydrogen-bond donors (Lipinski definition) is 5. The third-order valence-corrected chi connectivity index (χ3v) is 7.63. The van der Waals surface area contributed by atoms with Gasteiger partial charge in [0.25, 0.3) is 5.69 Å². The Morgan fingerprint density at radius 2 is 2.19 bits per heavy atom. The largest absolute Gasteiger partial charge is 0.429 e. The van der Waals surface area contributed by atoms with Gasteiger partial charge in [0.1, 0.15) is 16.9 Å². The predicted molar refractivity (Wildman–Crippen MR) is 127 cm³/mol. The quantitative estimate of drug-likeness (QED) is 0.108. The summed E-state index contributed by atoms with van der Waals surface area (Å²) in [5.41, 5.74) is 0.375. The molecule has 3 atom stereocenters. The van der Waals surface area contributed by atoms with Crippen molar-refractivity contribution in [2.75, 3.05) is 5.75 Å². The Labute approximate surface area is 200 Å². The van der Waals surface area contributed by atoms with E-state index in [1.165, 1.54) is 12.1 Å². The van der Waals surface area contributed by atoms with E-state index in [0.29, 0.717) is 41.4 Å². The van der Waals surface area contributed by atoms with E-state index in [-0.39, 0.29) is 23.0 Å². The number of nitrogens with zero attached hydrogens (tertiary/aromatic N) is 1. The van der Waals surface area contributed by atoms with Crippen molar-refractivity contribution in [3.05, 3.63) is 46.3 Å². The molecule has 3 unspecified atom stereocenters. The summed E-state index contributed by atoms with van der Waals surface area (Å²) >= 11 is 6.06.